The molecule has 0 radical (unpaired) electrons. The number of carbonyl (C=O) groups excluding carboxylic acids is 1. The number of hydrogen-bond acceptors (Lipinski definition) is 6. The summed E-state index contributed by atoms with van der Waals surface area (Å²) < 4.78 is 51.0. The molecule has 12 heteroatoms. The number of primary amides is 1. The van der Waals surface area contributed by atoms with Crippen LogP contribution in [0.2, 0.25) is 0 Å². The van der Waals surface area contributed by atoms with E-state index < -0.39 is 22.4 Å². The Bertz CT molecular complexity index is 1080. The Morgan fingerprint density at radius 1 is 1.36 bits per heavy atom. The molecule has 2 atom stereocenters. The first-order valence-corrected chi connectivity index (χ1v) is 12.5. The van der Waals surface area contributed by atoms with Crippen molar-refractivity contribution in [3.63, 3.8) is 0 Å². The lowest BCUT2D eigenvalue weighted by Crippen LogP contribution is -2.52. The molecule has 1 aliphatic heterocycles. The molecule has 0 bridgehead atoms. The lowest BCUT2D eigenvalue weighted by atomic mass is 10.2. The molecule has 0 aromatic carbocycles. The lowest BCUT2D eigenvalue weighted by Gasteiger charge is -2.32. The van der Waals surface area contributed by atoms with Gasteiger partial charge in [0.15, 0.2) is 0 Å². The van der Waals surface area contributed by atoms with Crippen LogP contribution in [-0.2, 0) is 23.1 Å². The number of halogens is 1. The number of anilines is 2. The molecule has 3 rings (SSSR count). The highest BCUT2D eigenvalue weighted by molar-refractivity contribution is 7.94. The summed E-state index contributed by atoms with van der Waals surface area (Å²) in [6.07, 6.45) is 3.04. The Morgan fingerprint density at radius 2 is 2.06 bits per heavy atom. The molecule has 0 saturated carbocycles. The molecule has 1 fully saturated rings. The van der Waals surface area contributed by atoms with Gasteiger partial charge in [0.2, 0.25) is 0 Å². The first-order chi connectivity index (χ1) is 15.5. The second-order valence-electron chi connectivity index (χ2n) is 8.57. The monoisotopic (exact) mass is 484 g/mol. The van der Waals surface area contributed by atoms with Gasteiger partial charge in [0.05, 0.1) is 18.4 Å². The molecule has 10 nitrogen and oxygen atoms in total. The average Bonchev–Trinajstić information content (AvgIpc) is 3.44. The van der Waals surface area contributed by atoms with Crippen LogP contribution < -0.4 is 14.3 Å². The second-order valence-corrected chi connectivity index (χ2v) is 10.3. The molecule has 1 aliphatic rings. The van der Waals surface area contributed by atoms with Crippen LogP contribution in [0.15, 0.2) is 22.9 Å². The predicted molar refractivity (Wildman–Crippen MR) is 124 cm³/mol. The summed E-state index contributed by atoms with van der Waals surface area (Å²) in [5.74, 6) is 0.882. The number of amides is 2. The molecule has 184 valence electrons. The summed E-state index contributed by atoms with van der Waals surface area (Å²) in [6.45, 7) is 7.63. The van der Waals surface area contributed by atoms with Crippen molar-refractivity contribution >= 4 is 27.6 Å². The van der Waals surface area contributed by atoms with Crippen molar-refractivity contribution in [3.8, 4) is 0 Å². The third-order valence-electron chi connectivity index (χ3n) is 5.85. The minimum Gasteiger partial charge on any atom is -0.464 e. The van der Waals surface area contributed by atoms with E-state index in [0.29, 0.717) is 28.7 Å². The van der Waals surface area contributed by atoms with E-state index in [1.807, 2.05) is 20.8 Å². The summed E-state index contributed by atoms with van der Waals surface area (Å²) in [5.41, 5.74) is 5.96. The van der Waals surface area contributed by atoms with Gasteiger partial charge in [-0.1, -0.05) is 13.8 Å². The number of nitrogens with two attached hydrogens (primary N) is 1. The zero-order valence-electron chi connectivity index (χ0n) is 19.7. The second kappa shape index (κ2) is 9.72. The normalized spacial score (nSPS) is 19.4. The first kappa shape index (κ1) is 25.0. The summed E-state index contributed by atoms with van der Waals surface area (Å²) >= 11 is 0. The molecule has 0 unspecified atom stereocenters. The van der Waals surface area contributed by atoms with Gasteiger partial charge in [-0.3, -0.25) is 9.58 Å². The quantitative estimate of drug-likeness (QED) is 0.585. The van der Waals surface area contributed by atoms with E-state index in [1.165, 1.54) is 12.3 Å². The van der Waals surface area contributed by atoms with Crippen LogP contribution in [0.5, 0.6) is 0 Å². The first-order valence-electron chi connectivity index (χ1n) is 11.1. The van der Waals surface area contributed by atoms with Crippen LogP contribution in [0.25, 0.3) is 0 Å². The molecule has 2 aromatic rings. The zero-order valence-corrected chi connectivity index (χ0v) is 20.5. The van der Waals surface area contributed by atoms with Crippen LogP contribution in [0.4, 0.5) is 20.6 Å². The number of alkyl halides is 1. The minimum atomic E-state index is -4.51. The summed E-state index contributed by atoms with van der Waals surface area (Å²) in [5, 5.41) is 4.26. The fourth-order valence-electron chi connectivity index (χ4n) is 4.02. The maximum atomic E-state index is 14.1. The number of furan rings is 1. The molecule has 2 aromatic heterocycles. The van der Waals surface area contributed by atoms with Crippen molar-refractivity contribution in [1.29, 1.82) is 0 Å². The zero-order chi connectivity index (χ0) is 24.5. The van der Waals surface area contributed by atoms with Crippen LogP contribution in [0.3, 0.4) is 0 Å². The van der Waals surface area contributed by atoms with Crippen LogP contribution >= 0.6 is 0 Å². The molecule has 2 N–H and O–H groups in total. The highest BCUT2D eigenvalue weighted by atomic mass is 32.2. The van der Waals surface area contributed by atoms with Gasteiger partial charge in [-0.05, 0) is 27.3 Å². The van der Waals surface area contributed by atoms with Gasteiger partial charge >= 0.3 is 16.2 Å². The number of likely N-dealkylation sites (tertiary alicyclic amines) is 1. The van der Waals surface area contributed by atoms with Gasteiger partial charge < -0.3 is 10.2 Å². The van der Waals surface area contributed by atoms with Crippen LogP contribution in [-0.4, -0.2) is 61.5 Å². The predicted octanol–water partition coefficient (Wildman–Crippen LogP) is 2.86. The van der Waals surface area contributed by atoms with Crippen molar-refractivity contribution in [1.82, 2.24) is 14.7 Å². The smallest absolute Gasteiger partial charge is 0.334 e. The van der Waals surface area contributed by atoms with Gasteiger partial charge in [-0.2, -0.15) is 17.8 Å². The van der Waals surface area contributed by atoms with Crippen LogP contribution in [0, 0.1) is 0 Å². The Hall–Kier alpha value is -2.60. The molecule has 1 saturated heterocycles. The Kier molecular flexibility index (Phi) is 7.37. The van der Waals surface area contributed by atoms with Gasteiger partial charge in [-0.25, -0.2) is 13.5 Å². The number of likely N-dealkylation sites (N-methyl/N-ethyl adjacent to an activating group) is 1. The number of aromatic nitrogens is 2. The van der Waals surface area contributed by atoms with Crippen molar-refractivity contribution in [2.24, 2.45) is 5.73 Å². The summed E-state index contributed by atoms with van der Waals surface area (Å²) in [6, 6.07) is -0.0193. The molecule has 3 heterocycles. The van der Waals surface area contributed by atoms with E-state index in [9.17, 15) is 17.6 Å². The van der Waals surface area contributed by atoms with Crippen molar-refractivity contribution in [3.05, 3.63) is 30.0 Å². The topological polar surface area (TPSA) is 118 Å². The van der Waals surface area contributed by atoms with E-state index in [1.54, 1.807) is 29.7 Å². The SMILES string of the molecule is CCc1cc(N(C(N)=O)S(=O)(=O)N(C[C@@H]2C[C@@H](F)CN2C)c2cnn(C(C)C)c2)c(CC)o1. The number of nitrogens with zero attached hydrogens (tertiary/aromatic N) is 5. The fourth-order valence-corrected chi connectivity index (χ4v) is 5.56. The third kappa shape index (κ3) is 5.01. The number of carbonyl (C=O) groups is 1. The largest absolute Gasteiger partial charge is 0.464 e. The molecular weight excluding hydrogens is 451 g/mol. The highest BCUT2D eigenvalue weighted by Crippen LogP contribution is 2.32. The van der Waals surface area contributed by atoms with E-state index in [2.05, 4.69) is 5.10 Å². The molecule has 2 amide bonds. The van der Waals surface area contributed by atoms with E-state index >= 15 is 0 Å². The number of hydrogen-bond donors (Lipinski definition) is 1. The highest BCUT2D eigenvalue weighted by Gasteiger charge is 2.40. The number of rotatable bonds is 9. The van der Waals surface area contributed by atoms with E-state index in [4.69, 9.17) is 10.2 Å². The minimum absolute atomic E-state index is 0.00685. The van der Waals surface area contributed by atoms with Gasteiger partial charge in [-0.15, -0.1) is 0 Å². The maximum Gasteiger partial charge on any atom is 0.334 e. The molecule has 0 spiro atoms. The van der Waals surface area contributed by atoms with Crippen molar-refractivity contribution in [2.45, 2.75) is 65.2 Å². The average molecular weight is 485 g/mol. The standard InChI is InChI=1S/C21H33FN6O4S/c1-6-18-9-19(20(7-2)32-18)28(21(23)29)33(30,31)27(13-16-8-15(22)11-25(16)5)17-10-24-26(12-17)14(3)4/h9-10,12,14-16H,6-8,11,13H2,1-5H3,(H2,23,29)/t15-,16+/m1/s1. The van der Waals surface area contributed by atoms with E-state index in [-0.39, 0.29) is 43.0 Å². The third-order valence-corrected chi connectivity index (χ3v) is 7.61. The van der Waals surface area contributed by atoms with Gasteiger partial charge in [0.25, 0.3) is 0 Å². The Morgan fingerprint density at radius 3 is 2.55 bits per heavy atom. The lowest BCUT2D eigenvalue weighted by molar-refractivity contribution is 0.256. The van der Waals surface area contributed by atoms with Crippen molar-refractivity contribution < 1.29 is 22.0 Å². The van der Waals surface area contributed by atoms with Gasteiger partial charge in [0, 0.05) is 43.7 Å². The number of aryl methyl sites for hydroxylation is 2. The summed E-state index contributed by atoms with van der Waals surface area (Å²) in [4.78, 5) is 14.3. The van der Waals surface area contributed by atoms with E-state index in [0.717, 1.165) is 4.31 Å². The Balaban J connectivity index is 2.11. The molecular formula is C21H33FN6O4S. The summed E-state index contributed by atoms with van der Waals surface area (Å²) in [7, 11) is -2.76. The molecule has 0 aliphatic carbocycles. The van der Waals surface area contributed by atoms with Crippen LogP contribution in [0.1, 0.15) is 51.7 Å². The fraction of sp³-hybridized carbons (Fsp3) is 0.619. The Labute approximate surface area is 194 Å². The van der Waals surface area contributed by atoms with Gasteiger partial charge in [0.1, 0.15) is 23.4 Å². The number of urea groups is 1. The maximum absolute atomic E-state index is 14.1. The molecule has 33 heavy (non-hydrogen) atoms. The van der Waals surface area contributed by atoms with Crippen molar-refractivity contribution in [2.75, 3.05) is 28.7 Å².